The van der Waals surface area contributed by atoms with Crippen LogP contribution in [0.1, 0.15) is 46.5 Å². The van der Waals surface area contributed by atoms with E-state index in [-0.39, 0.29) is 5.92 Å². The van der Waals surface area contributed by atoms with Gasteiger partial charge in [-0.2, -0.15) is 0 Å². The third-order valence-electron chi connectivity index (χ3n) is 2.46. The van der Waals surface area contributed by atoms with Crippen molar-refractivity contribution in [1.29, 1.82) is 0 Å². The quantitative estimate of drug-likeness (QED) is 0.334. The number of carbonyl (C=O) groups is 1. The first-order valence-electron chi connectivity index (χ1n) is 5.34. The molecule has 0 aromatic heterocycles. The summed E-state index contributed by atoms with van der Waals surface area (Å²) in [5.74, 6) is 0.543. The predicted octanol–water partition coefficient (Wildman–Crippen LogP) is 3.59. The fraction of sp³-hybridized carbons (Fsp3) is 0.750. The molecule has 0 aromatic carbocycles. The topological polar surface area (TPSA) is 17.1 Å². The molecule has 0 saturated heterocycles. The summed E-state index contributed by atoms with van der Waals surface area (Å²) in [6.07, 6.45) is 10.4. The van der Waals surface area contributed by atoms with Gasteiger partial charge in [0.1, 0.15) is 6.29 Å². The Morgan fingerprint density at radius 3 is 2.38 bits per heavy atom. The van der Waals surface area contributed by atoms with Crippen molar-refractivity contribution in [3.05, 3.63) is 12.2 Å². The summed E-state index contributed by atoms with van der Waals surface area (Å²) in [4.78, 5) is 10.4. The second-order valence-corrected chi connectivity index (χ2v) is 3.78. The van der Waals surface area contributed by atoms with Crippen molar-refractivity contribution >= 4 is 6.29 Å². The van der Waals surface area contributed by atoms with Crippen molar-refractivity contribution in [3.63, 3.8) is 0 Å². The van der Waals surface area contributed by atoms with E-state index in [1.165, 1.54) is 19.3 Å². The Labute approximate surface area is 82.2 Å². The number of aldehydes is 1. The largest absolute Gasteiger partial charge is 0.303 e. The minimum atomic E-state index is 0.155. The SMILES string of the molecule is CCCCC/C=C/C(C)C(C)C=O. The van der Waals surface area contributed by atoms with Gasteiger partial charge < -0.3 is 4.79 Å². The third-order valence-corrected chi connectivity index (χ3v) is 2.46. The molecular formula is C12H22O. The van der Waals surface area contributed by atoms with Crippen molar-refractivity contribution in [2.24, 2.45) is 11.8 Å². The van der Waals surface area contributed by atoms with Gasteiger partial charge >= 0.3 is 0 Å². The van der Waals surface area contributed by atoms with Crippen LogP contribution in [0, 0.1) is 11.8 Å². The first-order chi connectivity index (χ1) is 6.22. The first-order valence-corrected chi connectivity index (χ1v) is 5.34. The zero-order chi connectivity index (χ0) is 10.1. The molecule has 0 fully saturated rings. The molecule has 1 nitrogen and oxygen atoms in total. The van der Waals surface area contributed by atoms with Gasteiger partial charge in [-0.3, -0.25) is 0 Å². The minimum absolute atomic E-state index is 0.155. The first kappa shape index (κ1) is 12.4. The molecule has 76 valence electrons. The maximum absolute atomic E-state index is 10.4. The van der Waals surface area contributed by atoms with Gasteiger partial charge in [0.2, 0.25) is 0 Å². The average molecular weight is 182 g/mol. The van der Waals surface area contributed by atoms with E-state index in [1.807, 2.05) is 6.92 Å². The van der Waals surface area contributed by atoms with Crippen LogP contribution in [0.2, 0.25) is 0 Å². The van der Waals surface area contributed by atoms with Crippen LogP contribution in [-0.2, 0) is 4.79 Å². The van der Waals surface area contributed by atoms with Crippen molar-refractivity contribution < 1.29 is 4.79 Å². The van der Waals surface area contributed by atoms with E-state index in [0.29, 0.717) is 5.92 Å². The van der Waals surface area contributed by atoms with Crippen molar-refractivity contribution in [2.75, 3.05) is 0 Å². The summed E-state index contributed by atoms with van der Waals surface area (Å²) in [5.41, 5.74) is 0. The lowest BCUT2D eigenvalue weighted by molar-refractivity contribution is -0.111. The van der Waals surface area contributed by atoms with Crippen LogP contribution in [0.3, 0.4) is 0 Å². The lowest BCUT2D eigenvalue weighted by Gasteiger charge is -2.07. The van der Waals surface area contributed by atoms with Gasteiger partial charge in [-0.1, -0.05) is 45.8 Å². The maximum Gasteiger partial charge on any atom is 0.123 e. The van der Waals surface area contributed by atoms with Gasteiger partial charge in [0.25, 0.3) is 0 Å². The lowest BCUT2D eigenvalue weighted by atomic mass is 9.97. The Bertz CT molecular complexity index is 149. The summed E-state index contributed by atoms with van der Waals surface area (Å²) >= 11 is 0. The Morgan fingerprint density at radius 1 is 1.15 bits per heavy atom. The van der Waals surface area contributed by atoms with E-state index >= 15 is 0 Å². The van der Waals surface area contributed by atoms with Crippen LogP contribution < -0.4 is 0 Å². The highest BCUT2D eigenvalue weighted by atomic mass is 16.1. The number of allylic oxidation sites excluding steroid dienone is 2. The molecule has 0 heterocycles. The summed E-state index contributed by atoms with van der Waals surface area (Å²) in [7, 11) is 0. The van der Waals surface area contributed by atoms with Gasteiger partial charge in [-0.25, -0.2) is 0 Å². The average Bonchev–Trinajstić information content (AvgIpc) is 2.16. The zero-order valence-corrected chi connectivity index (χ0v) is 9.12. The zero-order valence-electron chi connectivity index (χ0n) is 9.12. The number of hydrogen-bond acceptors (Lipinski definition) is 1. The molecule has 0 rings (SSSR count). The van der Waals surface area contributed by atoms with E-state index < -0.39 is 0 Å². The molecule has 0 spiro atoms. The number of unbranched alkanes of at least 4 members (excludes halogenated alkanes) is 3. The van der Waals surface area contributed by atoms with Crippen molar-refractivity contribution in [1.82, 2.24) is 0 Å². The molecule has 0 N–H and O–H groups in total. The van der Waals surface area contributed by atoms with E-state index in [2.05, 4.69) is 26.0 Å². The Hall–Kier alpha value is -0.590. The Balaban J connectivity index is 3.52. The molecule has 0 aliphatic rings. The van der Waals surface area contributed by atoms with E-state index in [4.69, 9.17) is 0 Å². The molecule has 0 aromatic rings. The summed E-state index contributed by atoms with van der Waals surface area (Å²) < 4.78 is 0. The monoisotopic (exact) mass is 182 g/mol. The fourth-order valence-corrected chi connectivity index (χ4v) is 1.12. The molecule has 1 heteroatoms. The fourth-order valence-electron chi connectivity index (χ4n) is 1.12. The molecule has 0 saturated carbocycles. The van der Waals surface area contributed by atoms with Gasteiger partial charge in [0.05, 0.1) is 0 Å². The highest BCUT2D eigenvalue weighted by molar-refractivity contribution is 5.53. The van der Waals surface area contributed by atoms with Crippen LogP contribution in [0.5, 0.6) is 0 Å². The molecular weight excluding hydrogens is 160 g/mol. The molecule has 0 radical (unpaired) electrons. The van der Waals surface area contributed by atoms with Gasteiger partial charge in [-0.05, 0) is 18.8 Å². The molecule has 2 atom stereocenters. The smallest absolute Gasteiger partial charge is 0.123 e. The van der Waals surface area contributed by atoms with Crippen LogP contribution in [0.25, 0.3) is 0 Å². The van der Waals surface area contributed by atoms with Crippen LogP contribution in [0.4, 0.5) is 0 Å². The van der Waals surface area contributed by atoms with Crippen LogP contribution >= 0.6 is 0 Å². The molecule has 0 aliphatic heterocycles. The summed E-state index contributed by atoms with van der Waals surface area (Å²) in [5, 5.41) is 0. The Kier molecular flexibility index (Phi) is 7.66. The lowest BCUT2D eigenvalue weighted by Crippen LogP contribution is -2.05. The minimum Gasteiger partial charge on any atom is -0.303 e. The van der Waals surface area contributed by atoms with E-state index in [0.717, 1.165) is 12.7 Å². The third kappa shape index (κ3) is 6.56. The van der Waals surface area contributed by atoms with E-state index in [9.17, 15) is 4.79 Å². The highest BCUT2D eigenvalue weighted by Crippen LogP contribution is 2.10. The molecule has 0 bridgehead atoms. The summed E-state index contributed by atoms with van der Waals surface area (Å²) in [6, 6.07) is 0. The van der Waals surface area contributed by atoms with Crippen LogP contribution in [0.15, 0.2) is 12.2 Å². The summed E-state index contributed by atoms with van der Waals surface area (Å²) in [6.45, 7) is 6.27. The van der Waals surface area contributed by atoms with Gasteiger partial charge in [-0.15, -0.1) is 0 Å². The second-order valence-electron chi connectivity index (χ2n) is 3.78. The molecule has 13 heavy (non-hydrogen) atoms. The normalized spacial score (nSPS) is 15.9. The predicted molar refractivity (Wildman–Crippen MR) is 57.7 cm³/mol. The van der Waals surface area contributed by atoms with Crippen molar-refractivity contribution in [2.45, 2.75) is 46.5 Å². The van der Waals surface area contributed by atoms with Gasteiger partial charge in [0.15, 0.2) is 0 Å². The van der Waals surface area contributed by atoms with Gasteiger partial charge in [0, 0.05) is 5.92 Å². The molecule has 0 aliphatic carbocycles. The Morgan fingerprint density at radius 2 is 1.85 bits per heavy atom. The highest BCUT2D eigenvalue weighted by Gasteiger charge is 2.05. The molecule has 2 unspecified atom stereocenters. The van der Waals surface area contributed by atoms with Crippen molar-refractivity contribution in [3.8, 4) is 0 Å². The number of carbonyl (C=O) groups excluding carboxylic acids is 1. The van der Waals surface area contributed by atoms with E-state index in [1.54, 1.807) is 0 Å². The second kappa shape index (κ2) is 8.03. The van der Waals surface area contributed by atoms with Crippen LogP contribution in [-0.4, -0.2) is 6.29 Å². The number of rotatable bonds is 7. The number of hydrogen-bond donors (Lipinski definition) is 0. The maximum atomic E-state index is 10.4. The standard InChI is InChI=1S/C12H22O/c1-4-5-6-7-8-9-11(2)12(3)10-13/h8-12H,4-7H2,1-3H3/b9-8+. The molecule has 0 amide bonds.